The van der Waals surface area contributed by atoms with E-state index in [1.54, 1.807) is 25.4 Å². The Kier molecular flexibility index (Phi) is 11.3. The first kappa shape index (κ1) is 37.9. The summed E-state index contributed by atoms with van der Waals surface area (Å²) in [5, 5.41) is 3.83. The Morgan fingerprint density at radius 3 is 2.27 bits per heavy atom. The highest BCUT2D eigenvalue weighted by atomic mass is 16.6. The van der Waals surface area contributed by atoms with Gasteiger partial charge in [0.25, 0.3) is 0 Å². The number of esters is 2. The molecule has 3 heterocycles. The Labute approximate surface area is 304 Å². The molecule has 2 aromatic carbocycles. The number of amides is 1. The van der Waals surface area contributed by atoms with E-state index in [2.05, 4.69) is 27.0 Å². The van der Waals surface area contributed by atoms with Crippen molar-refractivity contribution < 1.29 is 33.3 Å². The summed E-state index contributed by atoms with van der Waals surface area (Å²) in [6.07, 6.45) is 4.72. The van der Waals surface area contributed by atoms with Crippen LogP contribution in [-0.4, -0.2) is 69.1 Å². The second kappa shape index (κ2) is 15.5. The number of aromatic nitrogens is 4. The lowest BCUT2D eigenvalue weighted by Crippen LogP contribution is -2.32. The summed E-state index contributed by atoms with van der Waals surface area (Å²) in [5.41, 5.74) is 4.09. The van der Waals surface area contributed by atoms with Crippen molar-refractivity contribution in [3.63, 3.8) is 0 Å². The van der Waals surface area contributed by atoms with Gasteiger partial charge in [-0.15, -0.1) is 0 Å². The Morgan fingerprint density at radius 1 is 0.846 bits per heavy atom. The summed E-state index contributed by atoms with van der Waals surface area (Å²) in [7, 11) is 4.84. The zero-order valence-corrected chi connectivity index (χ0v) is 31.6. The van der Waals surface area contributed by atoms with E-state index in [9.17, 15) is 14.4 Å². The SMILES string of the molecule is COC(=O)c1cc(OC)c2c(c1)nc(-c1cc3ccc(-c4cccnc4C(=O)OC(C)(C)C)cc3n1CCCCCCNC(=O)OC(C)(C)C)n2C. The maximum atomic E-state index is 13.2. The fourth-order valence-electron chi connectivity index (χ4n) is 6.16. The Morgan fingerprint density at radius 2 is 1.58 bits per heavy atom. The van der Waals surface area contributed by atoms with Crippen LogP contribution in [0.2, 0.25) is 0 Å². The van der Waals surface area contributed by atoms with Crippen LogP contribution in [0.3, 0.4) is 0 Å². The lowest BCUT2D eigenvalue weighted by Gasteiger charge is -2.20. The number of rotatable bonds is 12. The normalized spacial score (nSPS) is 11.9. The number of methoxy groups -OCH3 is 2. The molecule has 1 N–H and O–H groups in total. The highest BCUT2D eigenvalue weighted by molar-refractivity contribution is 5.99. The van der Waals surface area contributed by atoms with E-state index in [4.69, 9.17) is 23.9 Å². The maximum Gasteiger partial charge on any atom is 0.407 e. The number of nitrogens with zero attached hydrogens (tertiary/aromatic N) is 4. The van der Waals surface area contributed by atoms with Crippen molar-refractivity contribution in [2.45, 2.75) is 85.0 Å². The molecule has 5 aromatic rings. The minimum absolute atomic E-state index is 0.249. The largest absolute Gasteiger partial charge is 0.494 e. The molecule has 0 aliphatic carbocycles. The molecule has 0 unspecified atom stereocenters. The predicted molar refractivity (Wildman–Crippen MR) is 201 cm³/mol. The van der Waals surface area contributed by atoms with E-state index < -0.39 is 29.2 Å². The van der Waals surface area contributed by atoms with Crippen LogP contribution < -0.4 is 10.1 Å². The first-order valence-corrected chi connectivity index (χ1v) is 17.5. The summed E-state index contributed by atoms with van der Waals surface area (Å²) < 4.78 is 25.9. The average Bonchev–Trinajstić information content (AvgIpc) is 3.61. The lowest BCUT2D eigenvalue weighted by atomic mass is 10.0. The molecule has 0 saturated heterocycles. The third kappa shape index (κ3) is 8.72. The van der Waals surface area contributed by atoms with E-state index in [-0.39, 0.29) is 5.69 Å². The van der Waals surface area contributed by atoms with E-state index in [1.165, 1.54) is 7.11 Å². The van der Waals surface area contributed by atoms with Crippen molar-refractivity contribution in [1.29, 1.82) is 0 Å². The van der Waals surface area contributed by atoms with Gasteiger partial charge in [0.15, 0.2) is 11.5 Å². The topological polar surface area (TPSA) is 136 Å². The van der Waals surface area contributed by atoms with Gasteiger partial charge in [-0.2, -0.15) is 0 Å². The molecule has 0 radical (unpaired) electrons. The molecule has 5 rings (SSSR count). The number of ether oxygens (including phenoxy) is 4. The van der Waals surface area contributed by atoms with Crippen LogP contribution in [-0.2, 0) is 27.8 Å². The van der Waals surface area contributed by atoms with Crippen LogP contribution in [0.4, 0.5) is 4.79 Å². The summed E-state index contributed by atoms with van der Waals surface area (Å²) in [4.78, 5) is 47.2. The molecule has 276 valence electrons. The summed E-state index contributed by atoms with van der Waals surface area (Å²) in [5.74, 6) is 0.248. The molecular formula is C40H49N5O7. The number of alkyl carbamates (subject to hydrolysis) is 1. The summed E-state index contributed by atoms with van der Waals surface area (Å²) in [6, 6.07) is 15.3. The zero-order chi connectivity index (χ0) is 37.8. The number of carbonyl (C=O) groups is 3. The number of imidazole rings is 1. The number of nitrogens with one attached hydrogen (secondary N) is 1. The molecule has 0 aliphatic heterocycles. The number of pyridine rings is 1. The van der Waals surface area contributed by atoms with Crippen LogP contribution in [0, 0.1) is 0 Å². The quantitative estimate of drug-likeness (QED) is 0.0774. The van der Waals surface area contributed by atoms with Gasteiger partial charge in [-0.3, -0.25) is 0 Å². The molecule has 0 fully saturated rings. The van der Waals surface area contributed by atoms with Gasteiger partial charge < -0.3 is 33.4 Å². The highest BCUT2D eigenvalue weighted by Crippen LogP contribution is 2.36. The van der Waals surface area contributed by atoms with Crippen molar-refractivity contribution >= 4 is 40.0 Å². The van der Waals surface area contributed by atoms with Gasteiger partial charge in [-0.05, 0) is 90.3 Å². The van der Waals surface area contributed by atoms with Gasteiger partial charge in [-0.25, -0.2) is 24.4 Å². The minimum atomic E-state index is -0.670. The second-order valence-corrected chi connectivity index (χ2v) is 14.7. The van der Waals surface area contributed by atoms with E-state index >= 15 is 0 Å². The zero-order valence-electron chi connectivity index (χ0n) is 31.6. The third-order valence-corrected chi connectivity index (χ3v) is 8.40. The molecule has 12 nitrogen and oxygen atoms in total. The molecule has 3 aromatic heterocycles. The third-order valence-electron chi connectivity index (χ3n) is 8.40. The molecule has 0 spiro atoms. The van der Waals surface area contributed by atoms with Gasteiger partial charge in [0.05, 0.1) is 31.0 Å². The highest BCUT2D eigenvalue weighted by Gasteiger charge is 2.24. The summed E-state index contributed by atoms with van der Waals surface area (Å²) in [6.45, 7) is 12.2. The van der Waals surface area contributed by atoms with Crippen molar-refractivity contribution in [3.8, 4) is 28.4 Å². The molecule has 0 saturated carbocycles. The van der Waals surface area contributed by atoms with E-state index in [0.29, 0.717) is 41.3 Å². The molecule has 52 heavy (non-hydrogen) atoms. The number of hydrogen-bond donors (Lipinski definition) is 1. The first-order valence-electron chi connectivity index (χ1n) is 17.5. The monoisotopic (exact) mass is 711 g/mol. The van der Waals surface area contributed by atoms with Crippen LogP contribution in [0.5, 0.6) is 5.75 Å². The van der Waals surface area contributed by atoms with Gasteiger partial charge in [-0.1, -0.05) is 31.0 Å². The molecule has 0 aliphatic rings. The molecular weight excluding hydrogens is 662 g/mol. The predicted octanol–water partition coefficient (Wildman–Crippen LogP) is 8.09. The number of aryl methyl sites for hydroxylation is 2. The van der Waals surface area contributed by atoms with Gasteiger partial charge in [0.2, 0.25) is 0 Å². The van der Waals surface area contributed by atoms with Crippen LogP contribution in [0.15, 0.2) is 54.7 Å². The Hall–Kier alpha value is -5.39. The molecule has 0 bridgehead atoms. The second-order valence-electron chi connectivity index (χ2n) is 14.7. The number of benzene rings is 2. The first-order chi connectivity index (χ1) is 24.6. The van der Waals surface area contributed by atoms with Crippen molar-refractivity contribution in [2.75, 3.05) is 20.8 Å². The van der Waals surface area contributed by atoms with Gasteiger partial charge in [0.1, 0.15) is 22.5 Å². The Bertz CT molecular complexity index is 2100. The van der Waals surface area contributed by atoms with E-state index in [1.807, 2.05) is 77.4 Å². The number of hydrogen-bond acceptors (Lipinski definition) is 9. The van der Waals surface area contributed by atoms with Crippen molar-refractivity contribution in [2.24, 2.45) is 7.05 Å². The van der Waals surface area contributed by atoms with Crippen LogP contribution >= 0.6 is 0 Å². The smallest absolute Gasteiger partial charge is 0.407 e. The van der Waals surface area contributed by atoms with Crippen LogP contribution in [0.25, 0.3) is 44.6 Å². The van der Waals surface area contributed by atoms with Gasteiger partial charge in [0, 0.05) is 42.8 Å². The fraction of sp³-hybridized carbons (Fsp3) is 0.425. The van der Waals surface area contributed by atoms with Crippen molar-refractivity contribution in [1.82, 2.24) is 24.4 Å². The average molecular weight is 712 g/mol. The standard InChI is InChI=1S/C40H49N5O7/c1-39(2,3)51-37(47)33-28(15-14-19-41-33)25-16-17-26-23-31(35-43-29-21-27(36(46)50-9)24-32(49-8)34(29)44(35)7)45(30(26)22-25)20-13-11-10-12-18-42-38(48)52-40(4,5)6/h14-17,19,21-24H,10-13,18,20H2,1-9H3,(H,42,48). The van der Waals surface area contributed by atoms with Crippen molar-refractivity contribution in [3.05, 3.63) is 66.0 Å². The number of carbonyl (C=O) groups excluding carboxylic acids is 3. The minimum Gasteiger partial charge on any atom is -0.494 e. The number of fused-ring (bicyclic) bond motifs is 2. The van der Waals surface area contributed by atoms with Gasteiger partial charge >= 0.3 is 18.0 Å². The molecule has 0 atom stereocenters. The van der Waals surface area contributed by atoms with E-state index in [0.717, 1.165) is 53.4 Å². The fourth-order valence-corrected chi connectivity index (χ4v) is 6.16. The lowest BCUT2D eigenvalue weighted by molar-refractivity contribution is 0.00633. The maximum absolute atomic E-state index is 13.2. The molecule has 12 heteroatoms. The Balaban J connectivity index is 1.51. The summed E-state index contributed by atoms with van der Waals surface area (Å²) >= 11 is 0. The molecule has 1 amide bonds. The number of unbranched alkanes of at least 4 members (excludes halogenated alkanes) is 3. The van der Waals surface area contributed by atoms with Crippen LogP contribution in [0.1, 0.15) is 88.1 Å².